The zero-order valence-electron chi connectivity index (χ0n) is 12.2. The van der Waals surface area contributed by atoms with Crippen LogP contribution in [0, 0.1) is 6.92 Å². The van der Waals surface area contributed by atoms with Crippen molar-refractivity contribution in [1.82, 2.24) is 9.97 Å². The first-order valence-electron chi connectivity index (χ1n) is 6.63. The van der Waals surface area contributed by atoms with Gasteiger partial charge in [-0.3, -0.25) is 4.79 Å². The number of carbonyl (C=O) groups excluding carboxylic acids is 1. The lowest BCUT2D eigenvalue weighted by Crippen LogP contribution is -2.27. The number of esters is 1. The van der Waals surface area contributed by atoms with Crippen LogP contribution in [-0.4, -0.2) is 22.1 Å². The highest BCUT2D eigenvalue weighted by Gasteiger charge is 2.46. The van der Waals surface area contributed by atoms with Crippen molar-refractivity contribution in [2.24, 2.45) is 0 Å². The standard InChI is InChI=1S/C14H13F3N2O3S/c1-3-9-4-8(5-10(20)19-9)13(21)22-11(14(15,16)17)12-18-7(2)6-23-12/h4-6,11H,3H2,1-2H3,(H,19,20)/t11-/m1/s1. The van der Waals surface area contributed by atoms with Crippen molar-refractivity contribution >= 4 is 17.3 Å². The minimum absolute atomic E-state index is 0.229. The Bertz CT molecular complexity index is 767. The van der Waals surface area contributed by atoms with Gasteiger partial charge in [0.25, 0.3) is 0 Å². The van der Waals surface area contributed by atoms with Gasteiger partial charge in [0.1, 0.15) is 5.01 Å². The molecule has 0 amide bonds. The van der Waals surface area contributed by atoms with Crippen LogP contribution >= 0.6 is 11.3 Å². The first kappa shape index (κ1) is 17.2. The Balaban J connectivity index is 2.31. The lowest BCUT2D eigenvalue weighted by molar-refractivity contribution is -0.207. The van der Waals surface area contributed by atoms with Gasteiger partial charge in [0.2, 0.25) is 11.7 Å². The molecule has 0 saturated heterocycles. The van der Waals surface area contributed by atoms with E-state index in [1.165, 1.54) is 11.4 Å². The molecule has 5 nitrogen and oxygen atoms in total. The van der Waals surface area contributed by atoms with Crippen LogP contribution in [0.3, 0.4) is 0 Å². The molecule has 0 bridgehead atoms. The Hall–Kier alpha value is -2.16. The summed E-state index contributed by atoms with van der Waals surface area (Å²) < 4.78 is 44.0. The number of alkyl halides is 3. The Labute approximate surface area is 133 Å². The molecule has 124 valence electrons. The van der Waals surface area contributed by atoms with Crippen molar-refractivity contribution in [2.75, 3.05) is 0 Å². The monoisotopic (exact) mass is 346 g/mol. The van der Waals surface area contributed by atoms with Crippen LogP contribution < -0.4 is 5.56 Å². The molecule has 9 heteroatoms. The van der Waals surface area contributed by atoms with Crippen molar-refractivity contribution in [2.45, 2.75) is 32.5 Å². The average Bonchev–Trinajstić information content (AvgIpc) is 2.88. The lowest BCUT2D eigenvalue weighted by Gasteiger charge is -2.18. The van der Waals surface area contributed by atoms with Gasteiger partial charge in [-0.2, -0.15) is 13.2 Å². The van der Waals surface area contributed by atoms with Gasteiger partial charge in [-0.1, -0.05) is 6.92 Å². The van der Waals surface area contributed by atoms with Crippen LogP contribution in [-0.2, 0) is 11.2 Å². The van der Waals surface area contributed by atoms with E-state index in [1.54, 1.807) is 13.8 Å². The number of nitrogens with one attached hydrogen (secondary N) is 1. The van der Waals surface area contributed by atoms with Crippen LogP contribution in [0.1, 0.15) is 39.8 Å². The smallest absolute Gasteiger partial charge is 0.432 e. The van der Waals surface area contributed by atoms with E-state index in [2.05, 4.69) is 14.7 Å². The van der Waals surface area contributed by atoms with E-state index in [1.807, 2.05) is 0 Å². The number of carbonyl (C=O) groups is 1. The van der Waals surface area contributed by atoms with Crippen LogP contribution in [0.25, 0.3) is 0 Å². The number of H-pyrrole nitrogens is 1. The molecule has 0 radical (unpaired) electrons. The lowest BCUT2D eigenvalue weighted by atomic mass is 10.2. The van der Waals surface area contributed by atoms with Crippen molar-refractivity contribution in [1.29, 1.82) is 0 Å². The minimum atomic E-state index is -4.80. The van der Waals surface area contributed by atoms with Crippen LogP contribution in [0.15, 0.2) is 22.3 Å². The van der Waals surface area contributed by atoms with Crippen LogP contribution in [0.5, 0.6) is 0 Å². The first-order chi connectivity index (χ1) is 10.7. The number of pyridine rings is 1. The van der Waals surface area contributed by atoms with Crippen molar-refractivity contribution in [3.8, 4) is 0 Å². The van der Waals surface area contributed by atoms with Crippen LogP contribution in [0.4, 0.5) is 13.2 Å². The fourth-order valence-corrected chi connectivity index (χ4v) is 2.68. The summed E-state index contributed by atoms with van der Waals surface area (Å²) in [6.45, 7) is 3.27. The number of thiazole rings is 1. The van der Waals surface area contributed by atoms with Gasteiger partial charge in [-0.25, -0.2) is 9.78 Å². The topological polar surface area (TPSA) is 72.0 Å². The normalized spacial score (nSPS) is 12.9. The summed E-state index contributed by atoms with van der Waals surface area (Å²) in [6.07, 6.45) is -6.84. The predicted octanol–water partition coefficient (Wildman–Crippen LogP) is 3.16. The first-order valence-corrected chi connectivity index (χ1v) is 7.51. The van der Waals surface area contributed by atoms with Crippen molar-refractivity contribution in [3.63, 3.8) is 0 Å². The Morgan fingerprint density at radius 3 is 2.65 bits per heavy atom. The molecule has 1 N–H and O–H groups in total. The molecule has 0 unspecified atom stereocenters. The zero-order valence-corrected chi connectivity index (χ0v) is 13.0. The van der Waals surface area contributed by atoms with E-state index in [0.29, 0.717) is 17.8 Å². The maximum absolute atomic E-state index is 13.1. The number of hydrogen-bond acceptors (Lipinski definition) is 5. The van der Waals surface area contributed by atoms with E-state index in [-0.39, 0.29) is 10.6 Å². The van der Waals surface area contributed by atoms with E-state index in [9.17, 15) is 22.8 Å². The van der Waals surface area contributed by atoms with Crippen molar-refractivity contribution < 1.29 is 22.7 Å². The zero-order chi connectivity index (χ0) is 17.2. The Morgan fingerprint density at radius 2 is 2.13 bits per heavy atom. The van der Waals surface area contributed by atoms with Gasteiger partial charge in [0.15, 0.2) is 0 Å². The summed E-state index contributed by atoms with van der Waals surface area (Å²) in [4.78, 5) is 29.6. The molecule has 2 heterocycles. The largest absolute Gasteiger partial charge is 0.442 e. The second kappa shape index (κ2) is 6.53. The number of rotatable bonds is 4. The summed E-state index contributed by atoms with van der Waals surface area (Å²) >= 11 is 0.756. The number of ether oxygens (including phenoxy) is 1. The molecule has 2 aromatic heterocycles. The third-order valence-electron chi connectivity index (χ3n) is 2.90. The molecule has 0 aliphatic heterocycles. The van der Waals surface area contributed by atoms with Gasteiger partial charge in [-0.15, -0.1) is 11.3 Å². The molecule has 0 aliphatic rings. The molecule has 2 aromatic rings. The fourth-order valence-electron chi connectivity index (χ4n) is 1.83. The van der Waals surface area contributed by atoms with E-state index < -0.39 is 23.8 Å². The SMILES string of the molecule is CCc1cc(C(=O)O[C@H](c2nc(C)cs2)C(F)(F)F)cc(=O)[nH]1. The molecular weight excluding hydrogens is 333 g/mol. The third-order valence-corrected chi connectivity index (χ3v) is 3.91. The summed E-state index contributed by atoms with van der Waals surface area (Å²) in [7, 11) is 0. The molecular formula is C14H13F3N2O3S. The van der Waals surface area contributed by atoms with Crippen molar-refractivity contribution in [3.05, 3.63) is 49.8 Å². The highest BCUT2D eigenvalue weighted by Crippen LogP contribution is 2.37. The van der Waals surface area contributed by atoms with E-state index in [0.717, 1.165) is 17.4 Å². The molecule has 2 rings (SSSR count). The number of halogens is 3. The Morgan fingerprint density at radius 1 is 1.43 bits per heavy atom. The summed E-state index contributed by atoms with van der Waals surface area (Å²) in [6, 6.07) is 2.20. The van der Waals surface area contributed by atoms with Gasteiger partial charge >= 0.3 is 12.1 Å². The third kappa shape index (κ3) is 4.19. The predicted molar refractivity (Wildman–Crippen MR) is 77.5 cm³/mol. The fraction of sp³-hybridized carbons (Fsp3) is 0.357. The summed E-state index contributed by atoms with van der Waals surface area (Å²) in [5.74, 6) is -1.22. The molecule has 23 heavy (non-hydrogen) atoms. The summed E-state index contributed by atoms with van der Waals surface area (Å²) in [5.41, 5.74) is 0.0240. The number of aromatic amines is 1. The molecule has 0 aromatic carbocycles. The second-order valence-corrected chi connectivity index (χ2v) is 5.66. The summed E-state index contributed by atoms with van der Waals surface area (Å²) in [5, 5.41) is 1.08. The minimum Gasteiger partial charge on any atom is -0.442 e. The molecule has 0 fully saturated rings. The molecule has 1 atom stereocenters. The number of aromatic nitrogens is 2. The quantitative estimate of drug-likeness (QED) is 0.863. The van der Waals surface area contributed by atoms with E-state index in [4.69, 9.17) is 0 Å². The van der Waals surface area contributed by atoms with E-state index >= 15 is 0 Å². The highest BCUT2D eigenvalue weighted by molar-refractivity contribution is 7.09. The number of nitrogens with zero attached hydrogens (tertiary/aromatic N) is 1. The van der Waals surface area contributed by atoms with Gasteiger partial charge < -0.3 is 9.72 Å². The maximum atomic E-state index is 13.1. The van der Waals surface area contributed by atoms with Gasteiger partial charge in [0.05, 0.1) is 5.56 Å². The molecule has 0 saturated carbocycles. The molecule has 0 spiro atoms. The maximum Gasteiger partial charge on any atom is 0.432 e. The second-order valence-electron chi connectivity index (χ2n) is 4.77. The van der Waals surface area contributed by atoms with Gasteiger partial charge in [-0.05, 0) is 19.4 Å². The Kier molecular flexibility index (Phi) is 4.88. The number of hydrogen-bond donors (Lipinski definition) is 1. The van der Waals surface area contributed by atoms with Gasteiger partial charge in [0, 0.05) is 22.8 Å². The van der Waals surface area contributed by atoms with Crippen LogP contribution in [0.2, 0.25) is 0 Å². The highest BCUT2D eigenvalue weighted by atomic mass is 32.1. The average molecular weight is 346 g/mol. The molecule has 0 aliphatic carbocycles. The number of aryl methyl sites for hydroxylation is 2.